The van der Waals surface area contributed by atoms with Crippen LogP contribution in [-0.4, -0.2) is 20.3 Å². The molecule has 0 radical (unpaired) electrons. The Balaban J connectivity index is 2.34. The Morgan fingerprint density at radius 1 is 1.67 bits per heavy atom. The van der Waals surface area contributed by atoms with E-state index in [2.05, 4.69) is 25.9 Å². The number of halogens is 1. The first kappa shape index (κ1) is 10.2. The molecule has 0 spiro atoms. The lowest BCUT2D eigenvalue weighted by atomic mass is 10.2. The van der Waals surface area contributed by atoms with E-state index in [0.29, 0.717) is 16.1 Å². The first-order valence-electron chi connectivity index (χ1n) is 4.63. The molecule has 0 aliphatic rings. The monoisotopic (exact) mass is 267 g/mol. The fourth-order valence-corrected chi connectivity index (χ4v) is 1.88. The lowest BCUT2D eigenvalue weighted by Gasteiger charge is -1.94. The Kier molecular flexibility index (Phi) is 2.73. The highest BCUT2D eigenvalue weighted by molar-refractivity contribution is 9.10. The maximum absolute atomic E-state index is 11.9. The Labute approximate surface area is 95.5 Å². The maximum Gasteiger partial charge on any atom is 0.229 e. The van der Waals surface area contributed by atoms with Crippen molar-refractivity contribution in [2.75, 3.05) is 0 Å². The van der Waals surface area contributed by atoms with Gasteiger partial charge in [0.2, 0.25) is 5.78 Å². The number of nitrogens with one attached hydrogen (secondary N) is 1. The van der Waals surface area contributed by atoms with E-state index in [9.17, 15) is 4.79 Å². The second-order valence-electron chi connectivity index (χ2n) is 3.09. The van der Waals surface area contributed by atoms with Gasteiger partial charge in [0, 0.05) is 18.9 Å². The molecule has 0 saturated heterocycles. The average molecular weight is 268 g/mol. The predicted molar refractivity (Wildman–Crippen MR) is 59.8 cm³/mol. The molecule has 0 aliphatic heterocycles. The van der Waals surface area contributed by atoms with Crippen molar-refractivity contribution in [3.05, 3.63) is 40.6 Å². The molecule has 0 atom stereocenters. The zero-order valence-electron chi connectivity index (χ0n) is 8.20. The molecule has 78 valence electrons. The summed E-state index contributed by atoms with van der Waals surface area (Å²) >= 11 is 3.30. The van der Waals surface area contributed by atoms with Gasteiger partial charge in [0.1, 0.15) is 5.69 Å². The van der Waals surface area contributed by atoms with Crippen molar-refractivity contribution >= 4 is 21.7 Å². The first-order chi connectivity index (χ1) is 7.22. The van der Waals surface area contributed by atoms with E-state index in [-0.39, 0.29) is 5.78 Å². The maximum atomic E-state index is 11.9. The predicted octanol–water partition coefficient (Wildman–Crippen LogP) is 2.22. The molecule has 2 aromatic rings. The summed E-state index contributed by atoms with van der Waals surface area (Å²) in [4.78, 5) is 18.9. The van der Waals surface area contributed by atoms with E-state index >= 15 is 0 Å². The Bertz CT molecular complexity index is 473. The third kappa shape index (κ3) is 1.87. The number of aromatic amines is 1. The van der Waals surface area contributed by atoms with Crippen LogP contribution in [0.3, 0.4) is 0 Å². The highest BCUT2D eigenvalue weighted by Gasteiger charge is 2.14. The summed E-state index contributed by atoms with van der Waals surface area (Å²) in [6.45, 7) is 2.78. The fourth-order valence-electron chi connectivity index (χ4n) is 1.33. The number of carbonyl (C=O) groups is 1. The number of aromatic nitrogens is 3. The van der Waals surface area contributed by atoms with Gasteiger partial charge >= 0.3 is 0 Å². The van der Waals surface area contributed by atoms with Gasteiger partial charge in [-0.15, -0.1) is 0 Å². The van der Waals surface area contributed by atoms with Gasteiger partial charge in [0.15, 0.2) is 4.73 Å². The number of carbonyl (C=O) groups excluding carboxylic acids is 1. The summed E-state index contributed by atoms with van der Waals surface area (Å²) in [6, 6.07) is 3.53. The third-order valence-electron chi connectivity index (χ3n) is 2.14. The van der Waals surface area contributed by atoms with Crippen LogP contribution >= 0.6 is 15.9 Å². The smallest absolute Gasteiger partial charge is 0.229 e. The topological polar surface area (TPSA) is 50.7 Å². The summed E-state index contributed by atoms with van der Waals surface area (Å²) in [5.41, 5.74) is 1.01. The summed E-state index contributed by atoms with van der Waals surface area (Å²) in [5, 5.41) is 0. The SMILES string of the molecule is CCn1cc(C(=O)c2ccc[nH]2)nc1Br. The molecule has 0 fully saturated rings. The van der Waals surface area contributed by atoms with Crippen molar-refractivity contribution < 1.29 is 4.79 Å². The summed E-state index contributed by atoms with van der Waals surface area (Å²) < 4.78 is 2.55. The minimum Gasteiger partial charge on any atom is -0.358 e. The van der Waals surface area contributed by atoms with Crippen LogP contribution in [0.1, 0.15) is 23.1 Å². The second-order valence-corrected chi connectivity index (χ2v) is 3.80. The summed E-state index contributed by atoms with van der Waals surface area (Å²) in [6.07, 6.45) is 3.46. The van der Waals surface area contributed by atoms with E-state index in [0.717, 1.165) is 6.54 Å². The molecule has 0 saturated carbocycles. The zero-order chi connectivity index (χ0) is 10.8. The van der Waals surface area contributed by atoms with Gasteiger partial charge < -0.3 is 9.55 Å². The van der Waals surface area contributed by atoms with Crippen LogP contribution in [0.5, 0.6) is 0 Å². The van der Waals surface area contributed by atoms with Gasteiger partial charge in [-0.2, -0.15) is 0 Å². The molecule has 2 aromatic heterocycles. The van der Waals surface area contributed by atoms with Crippen molar-refractivity contribution in [1.29, 1.82) is 0 Å². The Hall–Kier alpha value is -1.36. The standard InChI is InChI=1S/C10H10BrN3O/c1-2-14-6-8(13-10(14)11)9(15)7-4-3-5-12-7/h3-6,12H,2H2,1H3. The van der Waals surface area contributed by atoms with Crippen molar-refractivity contribution in [2.45, 2.75) is 13.5 Å². The molecule has 2 rings (SSSR count). The van der Waals surface area contributed by atoms with Crippen LogP contribution in [0.25, 0.3) is 0 Å². The number of nitrogens with zero attached hydrogens (tertiary/aromatic N) is 2. The molecule has 2 heterocycles. The van der Waals surface area contributed by atoms with E-state index in [1.807, 2.05) is 11.5 Å². The van der Waals surface area contributed by atoms with Gasteiger partial charge in [-0.25, -0.2) is 4.98 Å². The molecule has 15 heavy (non-hydrogen) atoms. The number of hydrogen-bond donors (Lipinski definition) is 1. The number of aryl methyl sites for hydroxylation is 1. The van der Waals surface area contributed by atoms with E-state index in [1.165, 1.54) is 0 Å². The summed E-state index contributed by atoms with van der Waals surface area (Å²) in [5.74, 6) is -0.0899. The second kappa shape index (κ2) is 4.02. The Morgan fingerprint density at radius 3 is 3.00 bits per heavy atom. The molecule has 5 heteroatoms. The lowest BCUT2D eigenvalue weighted by molar-refractivity contribution is 0.103. The van der Waals surface area contributed by atoms with Crippen LogP contribution in [0.4, 0.5) is 0 Å². The molecule has 0 aromatic carbocycles. The zero-order valence-corrected chi connectivity index (χ0v) is 9.78. The fraction of sp³-hybridized carbons (Fsp3) is 0.200. The van der Waals surface area contributed by atoms with E-state index in [4.69, 9.17) is 0 Å². The van der Waals surface area contributed by atoms with Gasteiger partial charge in [-0.1, -0.05) is 0 Å². The molecular weight excluding hydrogens is 258 g/mol. The largest absolute Gasteiger partial charge is 0.358 e. The quantitative estimate of drug-likeness (QED) is 0.868. The van der Waals surface area contributed by atoms with Crippen molar-refractivity contribution in [3.8, 4) is 0 Å². The Morgan fingerprint density at radius 2 is 2.47 bits per heavy atom. The average Bonchev–Trinajstić information content (AvgIpc) is 2.85. The number of ketones is 1. The van der Waals surface area contributed by atoms with Crippen LogP contribution < -0.4 is 0 Å². The van der Waals surface area contributed by atoms with Gasteiger partial charge in [0.05, 0.1) is 5.69 Å². The molecule has 4 nitrogen and oxygen atoms in total. The minimum atomic E-state index is -0.0899. The van der Waals surface area contributed by atoms with Crippen molar-refractivity contribution in [3.63, 3.8) is 0 Å². The molecular formula is C10H10BrN3O. The molecule has 0 unspecified atom stereocenters. The number of imidazole rings is 1. The molecule has 0 amide bonds. The van der Waals surface area contributed by atoms with Gasteiger partial charge in [-0.3, -0.25) is 4.79 Å². The molecule has 0 aliphatic carbocycles. The van der Waals surface area contributed by atoms with Gasteiger partial charge in [-0.05, 0) is 35.0 Å². The van der Waals surface area contributed by atoms with Crippen LogP contribution in [0, 0.1) is 0 Å². The normalized spacial score (nSPS) is 10.5. The number of hydrogen-bond acceptors (Lipinski definition) is 2. The van der Waals surface area contributed by atoms with Crippen molar-refractivity contribution in [1.82, 2.24) is 14.5 Å². The van der Waals surface area contributed by atoms with E-state index < -0.39 is 0 Å². The van der Waals surface area contributed by atoms with Crippen molar-refractivity contribution in [2.24, 2.45) is 0 Å². The van der Waals surface area contributed by atoms with Crippen LogP contribution in [0.2, 0.25) is 0 Å². The number of rotatable bonds is 3. The highest BCUT2D eigenvalue weighted by Crippen LogP contribution is 2.13. The van der Waals surface area contributed by atoms with Crippen LogP contribution in [0.15, 0.2) is 29.3 Å². The van der Waals surface area contributed by atoms with Gasteiger partial charge in [0.25, 0.3) is 0 Å². The minimum absolute atomic E-state index is 0.0899. The first-order valence-corrected chi connectivity index (χ1v) is 5.42. The third-order valence-corrected chi connectivity index (χ3v) is 2.78. The number of H-pyrrole nitrogens is 1. The van der Waals surface area contributed by atoms with Crippen LogP contribution in [-0.2, 0) is 6.54 Å². The summed E-state index contributed by atoms with van der Waals surface area (Å²) in [7, 11) is 0. The highest BCUT2D eigenvalue weighted by atomic mass is 79.9. The van der Waals surface area contributed by atoms with E-state index in [1.54, 1.807) is 24.5 Å². The lowest BCUT2D eigenvalue weighted by Crippen LogP contribution is -2.01. The molecule has 0 bridgehead atoms. The molecule has 1 N–H and O–H groups in total.